The first-order chi connectivity index (χ1) is 4.88. The van der Waals surface area contributed by atoms with Crippen LogP contribution >= 0.6 is 0 Å². The number of rotatable bonds is 0. The maximum absolute atomic E-state index is 12.6. The fraction of sp³-hybridized carbons (Fsp3) is 0. The molecule has 3 nitrogen and oxygen atoms in total. The minimum atomic E-state index is -0.476. The van der Waals surface area contributed by atoms with E-state index in [1.807, 2.05) is 0 Å². The van der Waals surface area contributed by atoms with Crippen molar-refractivity contribution in [2.24, 2.45) is 0 Å². The lowest BCUT2D eigenvalue weighted by molar-refractivity contribution is 0.586. The van der Waals surface area contributed by atoms with E-state index < -0.39 is 5.95 Å². The molecule has 0 fully saturated rings. The second kappa shape index (κ2) is 1.76. The third-order valence-corrected chi connectivity index (χ3v) is 1.27. The second-order valence-corrected chi connectivity index (χ2v) is 1.91. The van der Waals surface area contributed by atoms with Crippen molar-refractivity contribution in [3.63, 3.8) is 0 Å². The minimum absolute atomic E-state index is 0.294. The van der Waals surface area contributed by atoms with Crippen molar-refractivity contribution in [3.8, 4) is 0 Å². The maximum Gasteiger partial charge on any atom is 0.235 e. The monoisotopic (exact) mass is 137 g/mol. The van der Waals surface area contributed by atoms with E-state index in [2.05, 4.69) is 15.2 Å². The van der Waals surface area contributed by atoms with Crippen LogP contribution in [0.4, 0.5) is 4.39 Å². The van der Waals surface area contributed by atoms with Gasteiger partial charge < -0.3 is 0 Å². The Kier molecular flexibility index (Phi) is 0.943. The number of fused-ring (bicyclic) bond motifs is 1. The number of H-pyrrole nitrogens is 1. The first-order valence-corrected chi connectivity index (χ1v) is 2.82. The minimum Gasteiger partial charge on any atom is -0.251 e. The summed E-state index contributed by atoms with van der Waals surface area (Å²) in [4.78, 5) is 3.77. The van der Waals surface area contributed by atoms with Gasteiger partial charge in [0.1, 0.15) is 11.0 Å². The summed E-state index contributed by atoms with van der Waals surface area (Å²) < 4.78 is 12.6. The van der Waals surface area contributed by atoms with Crippen LogP contribution in [0.15, 0.2) is 18.3 Å². The highest BCUT2D eigenvalue weighted by atomic mass is 19.1. The van der Waals surface area contributed by atoms with E-state index in [-0.39, 0.29) is 0 Å². The molecule has 50 valence electrons. The fourth-order valence-electron chi connectivity index (χ4n) is 0.818. The van der Waals surface area contributed by atoms with Crippen molar-refractivity contribution >= 4 is 11.0 Å². The summed E-state index contributed by atoms with van der Waals surface area (Å²) in [5.41, 5.74) is 0.850. The van der Waals surface area contributed by atoms with Crippen molar-refractivity contribution in [2.45, 2.75) is 0 Å². The summed E-state index contributed by atoms with van der Waals surface area (Å²) in [7, 11) is 0. The smallest absolute Gasteiger partial charge is 0.235 e. The molecule has 2 rings (SSSR count). The number of nitrogens with zero attached hydrogens (tertiary/aromatic N) is 2. The molecule has 0 radical (unpaired) electrons. The Labute approximate surface area is 55.9 Å². The van der Waals surface area contributed by atoms with Gasteiger partial charge in [-0.3, -0.25) is 5.10 Å². The zero-order valence-electron chi connectivity index (χ0n) is 5.00. The Morgan fingerprint density at radius 1 is 1.50 bits per heavy atom. The first-order valence-electron chi connectivity index (χ1n) is 2.82. The number of aromatic nitrogens is 3. The third kappa shape index (κ3) is 0.586. The first kappa shape index (κ1) is 5.34. The SMILES string of the molecule is Fc1[nH]nc2cccnc12. The van der Waals surface area contributed by atoms with Crippen molar-refractivity contribution in [3.05, 3.63) is 24.3 Å². The highest BCUT2D eigenvalue weighted by Crippen LogP contribution is 2.08. The molecule has 0 amide bonds. The summed E-state index contributed by atoms with van der Waals surface area (Å²) in [5, 5.41) is 5.85. The third-order valence-electron chi connectivity index (χ3n) is 1.27. The summed E-state index contributed by atoms with van der Waals surface area (Å²) in [5.74, 6) is -0.476. The lowest BCUT2D eigenvalue weighted by atomic mass is 10.4. The molecule has 4 heteroatoms. The molecule has 0 aliphatic heterocycles. The summed E-state index contributed by atoms with van der Waals surface area (Å²) in [6.07, 6.45) is 1.53. The Morgan fingerprint density at radius 3 is 3.20 bits per heavy atom. The number of aromatic amines is 1. The highest BCUT2D eigenvalue weighted by Gasteiger charge is 2.01. The zero-order chi connectivity index (χ0) is 6.97. The Balaban J connectivity index is 2.93. The van der Waals surface area contributed by atoms with Crippen LogP contribution in [0.1, 0.15) is 0 Å². The lowest BCUT2D eigenvalue weighted by Gasteiger charge is -1.81. The molecule has 1 N–H and O–H groups in total. The van der Waals surface area contributed by atoms with Gasteiger partial charge in [-0.25, -0.2) is 4.98 Å². The topological polar surface area (TPSA) is 41.6 Å². The molecule has 0 unspecified atom stereocenters. The largest absolute Gasteiger partial charge is 0.251 e. The molecule has 0 spiro atoms. The van der Waals surface area contributed by atoms with Gasteiger partial charge in [-0.05, 0) is 12.1 Å². The average Bonchev–Trinajstić information content (AvgIpc) is 2.34. The standard InChI is InChI=1S/C6H4FN3/c7-6-5-4(9-10-6)2-1-3-8-5/h1-3H,(H,9,10). The number of hydrogen-bond acceptors (Lipinski definition) is 2. The van der Waals surface area contributed by atoms with E-state index in [1.165, 1.54) is 6.20 Å². The Morgan fingerprint density at radius 2 is 2.40 bits per heavy atom. The molecule has 0 bridgehead atoms. The number of hydrogen-bond donors (Lipinski definition) is 1. The van der Waals surface area contributed by atoms with Crippen LogP contribution in [0.5, 0.6) is 0 Å². The van der Waals surface area contributed by atoms with E-state index in [0.717, 1.165) is 0 Å². The molecule has 0 aliphatic carbocycles. The van der Waals surface area contributed by atoms with Gasteiger partial charge in [-0.15, -0.1) is 0 Å². The lowest BCUT2D eigenvalue weighted by Crippen LogP contribution is -1.74. The highest BCUT2D eigenvalue weighted by molar-refractivity contribution is 5.73. The van der Waals surface area contributed by atoms with E-state index >= 15 is 0 Å². The molecule has 0 saturated heterocycles. The Hall–Kier alpha value is -1.45. The van der Waals surface area contributed by atoms with Gasteiger partial charge in [0.15, 0.2) is 0 Å². The molecular weight excluding hydrogens is 133 g/mol. The molecule has 0 aromatic carbocycles. The van der Waals surface area contributed by atoms with E-state index in [9.17, 15) is 4.39 Å². The molecule has 2 aromatic rings. The van der Waals surface area contributed by atoms with Crippen LogP contribution in [0, 0.1) is 5.95 Å². The van der Waals surface area contributed by atoms with Crippen LogP contribution in [-0.2, 0) is 0 Å². The van der Waals surface area contributed by atoms with Crippen LogP contribution < -0.4 is 0 Å². The summed E-state index contributed by atoms with van der Waals surface area (Å²) in [6, 6.07) is 3.41. The Bertz CT molecular complexity index is 355. The predicted molar refractivity (Wildman–Crippen MR) is 33.8 cm³/mol. The molecule has 2 aromatic heterocycles. The summed E-state index contributed by atoms with van der Waals surface area (Å²) in [6.45, 7) is 0. The zero-order valence-corrected chi connectivity index (χ0v) is 5.00. The number of halogens is 1. The number of nitrogens with one attached hydrogen (secondary N) is 1. The summed E-state index contributed by atoms with van der Waals surface area (Å²) >= 11 is 0. The molecule has 0 atom stereocenters. The van der Waals surface area contributed by atoms with Crippen LogP contribution in [0.2, 0.25) is 0 Å². The van der Waals surface area contributed by atoms with Gasteiger partial charge in [-0.2, -0.15) is 9.49 Å². The molecule has 0 saturated carbocycles. The molecule has 10 heavy (non-hydrogen) atoms. The van der Waals surface area contributed by atoms with Gasteiger partial charge in [0, 0.05) is 6.20 Å². The van der Waals surface area contributed by atoms with Crippen LogP contribution in [0.3, 0.4) is 0 Å². The van der Waals surface area contributed by atoms with Gasteiger partial charge >= 0.3 is 0 Å². The second-order valence-electron chi connectivity index (χ2n) is 1.91. The number of pyridine rings is 1. The molecule has 0 aliphatic rings. The van der Waals surface area contributed by atoms with Crippen LogP contribution in [0.25, 0.3) is 11.0 Å². The molecule has 2 heterocycles. The van der Waals surface area contributed by atoms with Crippen LogP contribution in [-0.4, -0.2) is 15.2 Å². The van der Waals surface area contributed by atoms with Gasteiger partial charge in [0.2, 0.25) is 5.95 Å². The van der Waals surface area contributed by atoms with Crippen molar-refractivity contribution in [1.29, 1.82) is 0 Å². The fourth-order valence-corrected chi connectivity index (χ4v) is 0.818. The van der Waals surface area contributed by atoms with E-state index in [1.54, 1.807) is 12.1 Å². The van der Waals surface area contributed by atoms with Crippen molar-refractivity contribution in [2.75, 3.05) is 0 Å². The van der Waals surface area contributed by atoms with E-state index in [4.69, 9.17) is 0 Å². The van der Waals surface area contributed by atoms with Gasteiger partial charge in [-0.1, -0.05) is 0 Å². The van der Waals surface area contributed by atoms with Crippen molar-refractivity contribution in [1.82, 2.24) is 15.2 Å². The van der Waals surface area contributed by atoms with Gasteiger partial charge in [0.05, 0.1) is 0 Å². The maximum atomic E-state index is 12.6. The normalized spacial score (nSPS) is 10.5. The quantitative estimate of drug-likeness (QED) is 0.590. The van der Waals surface area contributed by atoms with Crippen molar-refractivity contribution < 1.29 is 4.39 Å². The molecular formula is C6H4FN3. The average molecular weight is 137 g/mol. The van der Waals surface area contributed by atoms with E-state index in [0.29, 0.717) is 11.0 Å². The predicted octanol–water partition coefficient (Wildman–Crippen LogP) is 1.10. The van der Waals surface area contributed by atoms with Gasteiger partial charge in [0.25, 0.3) is 0 Å².